The molecule has 1 amide bonds. The maximum absolute atomic E-state index is 12.3. The molecule has 2 aromatic heterocycles. The van der Waals surface area contributed by atoms with E-state index in [-0.39, 0.29) is 11.7 Å². The van der Waals surface area contributed by atoms with Gasteiger partial charge in [-0.15, -0.1) is 11.3 Å². The molecule has 1 aliphatic carbocycles. The first-order chi connectivity index (χ1) is 14.0. The predicted octanol–water partition coefficient (Wildman–Crippen LogP) is 4.20. The summed E-state index contributed by atoms with van der Waals surface area (Å²) in [5, 5.41) is 13.1. The zero-order valence-corrected chi connectivity index (χ0v) is 17.7. The summed E-state index contributed by atoms with van der Waals surface area (Å²) in [6, 6.07) is 9.37. The van der Waals surface area contributed by atoms with Crippen molar-refractivity contribution in [1.29, 1.82) is 5.26 Å². The normalized spacial score (nSPS) is 15.7. The van der Waals surface area contributed by atoms with E-state index in [0.717, 1.165) is 28.6 Å². The molecular weight excluding hydrogens is 402 g/mol. The molecule has 1 aliphatic rings. The van der Waals surface area contributed by atoms with Crippen LogP contribution in [0.5, 0.6) is 0 Å². The van der Waals surface area contributed by atoms with Crippen LogP contribution in [0.15, 0.2) is 29.4 Å². The summed E-state index contributed by atoms with van der Waals surface area (Å²) < 4.78 is 0. The molecule has 0 bridgehead atoms. The number of nitrogens with one attached hydrogen (secondary N) is 1. The van der Waals surface area contributed by atoms with Gasteiger partial charge in [-0.2, -0.15) is 5.26 Å². The van der Waals surface area contributed by atoms with Crippen molar-refractivity contribution in [2.24, 2.45) is 5.92 Å². The Morgan fingerprint density at radius 1 is 1.38 bits per heavy atom. The highest BCUT2D eigenvalue weighted by molar-refractivity contribution is 7.99. The number of anilines is 2. The number of hydrogen-bond acceptors (Lipinski definition) is 7. The minimum absolute atomic E-state index is 0.135. The Labute approximate surface area is 177 Å². The summed E-state index contributed by atoms with van der Waals surface area (Å²) in [7, 11) is 0. The van der Waals surface area contributed by atoms with Crippen LogP contribution < -0.4 is 11.1 Å². The highest BCUT2D eigenvalue weighted by Crippen LogP contribution is 2.39. The molecule has 0 saturated carbocycles. The van der Waals surface area contributed by atoms with Gasteiger partial charge in [-0.05, 0) is 48.4 Å². The summed E-state index contributed by atoms with van der Waals surface area (Å²) in [6.07, 6.45) is 3.64. The lowest BCUT2D eigenvalue weighted by molar-refractivity contribution is -0.113. The lowest BCUT2D eigenvalue weighted by Crippen LogP contribution is -2.14. The molecule has 3 aromatic rings. The van der Waals surface area contributed by atoms with E-state index in [1.54, 1.807) is 23.5 Å². The van der Waals surface area contributed by atoms with Gasteiger partial charge in [-0.1, -0.05) is 30.8 Å². The molecule has 1 atom stereocenters. The van der Waals surface area contributed by atoms with Crippen LogP contribution in [-0.2, 0) is 24.1 Å². The van der Waals surface area contributed by atoms with Gasteiger partial charge < -0.3 is 11.1 Å². The number of carbonyl (C=O) groups excluding carboxylic acids is 1. The lowest BCUT2D eigenvalue weighted by Gasteiger charge is -2.17. The number of hydrogen-bond donors (Lipinski definition) is 2. The van der Waals surface area contributed by atoms with Gasteiger partial charge in [-0.25, -0.2) is 9.97 Å². The Kier molecular flexibility index (Phi) is 5.69. The van der Waals surface area contributed by atoms with Crippen LogP contribution in [0.2, 0.25) is 0 Å². The molecule has 1 unspecified atom stereocenters. The number of aromatic nitrogens is 2. The molecule has 0 saturated heterocycles. The van der Waals surface area contributed by atoms with Gasteiger partial charge >= 0.3 is 0 Å². The second-order valence-corrected chi connectivity index (χ2v) is 9.32. The molecule has 8 heteroatoms. The van der Waals surface area contributed by atoms with Gasteiger partial charge in [0.1, 0.15) is 10.6 Å². The molecule has 0 aliphatic heterocycles. The van der Waals surface area contributed by atoms with Crippen molar-refractivity contribution in [3.05, 3.63) is 40.3 Å². The molecule has 148 valence electrons. The molecule has 2 heterocycles. The van der Waals surface area contributed by atoms with E-state index in [1.165, 1.54) is 28.6 Å². The van der Waals surface area contributed by atoms with Crippen LogP contribution in [0.3, 0.4) is 0 Å². The number of nitrogen functional groups attached to an aromatic ring is 1. The van der Waals surface area contributed by atoms with Gasteiger partial charge in [0.25, 0.3) is 0 Å². The number of carbonyl (C=O) groups is 1. The van der Waals surface area contributed by atoms with Crippen molar-refractivity contribution < 1.29 is 4.79 Å². The van der Waals surface area contributed by atoms with E-state index < -0.39 is 0 Å². The summed E-state index contributed by atoms with van der Waals surface area (Å²) in [5.41, 5.74) is 9.19. The zero-order chi connectivity index (χ0) is 20.4. The maximum atomic E-state index is 12.3. The second-order valence-electron chi connectivity index (χ2n) is 7.29. The summed E-state index contributed by atoms with van der Waals surface area (Å²) >= 11 is 2.99. The third kappa shape index (κ3) is 4.36. The lowest BCUT2D eigenvalue weighted by atomic mass is 9.89. The van der Waals surface area contributed by atoms with E-state index in [9.17, 15) is 4.79 Å². The first-order valence-corrected chi connectivity index (χ1v) is 11.3. The van der Waals surface area contributed by atoms with E-state index in [2.05, 4.69) is 28.3 Å². The fraction of sp³-hybridized carbons (Fsp3) is 0.333. The number of amides is 1. The third-order valence-corrected chi connectivity index (χ3v) is 7.01. The summed E-state index contributed by atoms with van der Waals surface area (Å²) in [5.74, 6) is 1.27. The minimum atomic E-state index is -0.135. The number of thiophene rings is 1. The van der Waals surface area contributed by atoms with E-state index in [1.807, 2.05) is 12.1 Å². The Morgan fingerprint density at radius 2 is 2.17 bits per heavy atom. The second kappa shape index (κ2) is 8.39. The van der Waals surface area contributed by atoms with E-state index >= 15 is 0 Å². The number of fused-ring (bicyclic) bond motifs is 3. The van der Waals surface area contributed by atoms with Crippen molar-refractivity contribution in [3.63, 3.8) is 0 Å². The molecule has 0 spiro atoms. The van der Waals surface area contributed by atoms with Crippen molar-refractivity contribution in [2.45, 2.75) is 37.8 Å². The average molecular weight is 424 g/mol. The zero-order valence-electron chi connectivity index (χ0n) is 16.1. The number of nitrogens with two attached hydrogens (primary N) is 1. The third-order valence-electron chi connectivity index (χ3n) is 5.02. The molecule has 6 nitrogen and oxygen atoms in total. The van der Waals surface area contributed by atoms with Crippen molar-refractivity contribution in [1.82, 2.24) is 9.97 Å². The number of thioether (sulfide) groups is 1. The minimum Gasteiger partial charge on any atom is -0.383 e. The molecule has 3 N–H and O–H groups in total. The van der Waals surface area contributed by atoms with Crippen LogP contribution in [0, 0.1) is 17.2 Å². The molecular formula is C21H21N5OS2. The average Bonchev–Trinajstić information content (AvgIpc) is 3.06. The summed E-state index contributed by atoms with van der Waals surface area (Å²) in [6.45, 7) is 2.28. The van der Waals surface area contributed by atoms with E-state index in [0.29, 0.717) is 29.0 Å². The van der Waals surface area contributed by atoms with Crippen LogP contribution in [-0.4, -0.2) is 21.6 Å². The van der Waals surface area contributed by atoms with Gasteiger partial charge in [0, 0.05) is 10.6 Å². The van der Waals surface area contributed by atoms with E-state index in [4.69, 9.17) is 11.0 Å². The highest BCUT2D eigenvalue weighted by Gasteiger charge is 2.23. The molecule has 0 radical (unpaired) electrons. The monoisotopic (exact) mass is 423 g/mol. The number of nitriles is 1. The fourth-order valence-electron chi connectivity index (χ4n) is 3.54. The first kappa shape index (κ1) is 19.7. The van der Waals surface area contributed by atoms with Gasteiger partial charge in [0.15, 0.2) is 5.16 Å². The van der Waals surface area contributed by atoms with Crippen LogP contribution in [0.1, 0.15) is 29.3 Å². The Balaban J connectivity index is 1.43. The fourth-order valence-corrected chi connectivity index (χ4v) is 5.64. The Bertz CT molecular complexity index is 1100. The van der Waals surface area contributed by atoms with Crippen LogP contribution in [0.25, 0.3) is 10.2 Å². The Hall–Kier alpha value is -2.63. The molecule has 1 aromatic carbocycles. The standard InChI is InChI=1S/C21H21N5OS2/c1-12-2-7-15-16(10-12)29-20-18(15)19(23)25-21(26-20)28-11-17(27)24-14-5-3-13(4-6-14)8-9-22/h3-6,12H,2,7-8,10-11H2,1H3,(H,24,27)(H2,23,25,26). The number of nitrogens with zero attached hydrogens (tertiary/aromatic N) is 3. The number of benzene rings is 1. The smallest absolute Gasteiger partial charge is 0.234 e. The van der Waals surface area contributed by atoms with Crippen molar-refractivity contribution in [3.8, 4) is 6.07 Å². The maximum Gasteiger partial charge on any atom is 0.234 e. The number of aryl methyl sites for hydroxylation is 1. The topological polar surface area (TPSA) is 105 Å². The van der Waals surface area contributed by atoms with Crippen molar-refractivity contribution in [2.75, 3.05) is 16.8 Å². The van der Waals surface area contributed by atoms with Gasteiger partial charge in [-0.3, -0.25) is 4.79 Å². The molecule has 4 rings (SSSR count). The first-order valence-electron chi connectivity index (χ1n) is 9.49. The molecule has 0 fully saturated rings. The van der Waals surface area contributed by atoms with Gasteiger partial charge in [0.2, 0.25) is 5.91 Å². The number of rotatable bonds is 5. The van der Waals surface area contributed by atoms with Gasteiger partial charge in [0.05, 0.1) is 23.6 Å². The SMILES string of the molecule is CC1CCc2c(sc3nc(SCC(=O)Nc4ccc(CC#N)cc4)nc(N)c23)C1. The largest absolute Gasteiger partial charge is 0.383 e. The van der Waals surface area contributed by atoms with Crippen LogP contribution >= 0.6 is 23.1 Å². The quantitative estimate of drug-likeness (QED) is 0.471. The molecule has 29 heavy (non-hydrogen) atoms. The Morgan fingerprint density at radius 3 is 2.93 bits per heavy atom. The highest BCUT2D eigenvalue weighted by atomic mass is 32.2. The van der Waals surface area contributed by atoms with Crippen molar-refractivity contribution >= 4 is 50.7 Å². The predicted molar refractivity (Wildman–Crippen MR) is 118 cm³/mol. The van der Waals surface area contributed by atoms with Crippen LogP contribution in [0.4, 0.5) is 11.5 Å². The summed E-state index contributed by atoms with van der Waals surface area (Å²) in [4.78, 5) is 23.7.